The highest BCUT2D eigenvalue weighted by Gasteiger charge is 2.26. The molecule has 27 heavy (non-hydrogen) atoms. The molecule has 6 heteroatoms. The first-order valence-corrected chi connectivity index (χ1v) is 9.20. The summed E-state index contributed by atoms with van der Waals surface area (Å²) in [5.41, 5.74) is 1.21. The lowest BCUT2D eigenvalue weighted by molar-refractivity contribution is -0.896. The number of hydrogen-bond acceptors (Lipinski definition) is 2. The van der Waals surface area contributed by atoms with Crippen LogP contribution in [0.5, 0.6) is 0 Å². The van der Waals surface area contributed by atoms with Crippen molar-refractivity contribution in [3.05, 3.63) is 71.5 Å². The zero-order chi connectivity index (χ0) is 19.2. The van der Waals surface area contributed by atoms with Crippen molar-refractivity contribution >= 4 is 11.8 Å². The second-order valence-electron chi connectivity index (χ2n) is 6.93. The van der Waals surface area contributed by atoms with E-state index in [9.17, 15) is 14.0 Å². The van der Waals surface area contributed by atoms with Crippen LogP contribution in [0.25, 0.3) is 0 Å². The van der Waals surface area contributed by atoms with Crippen LogP contribution < -0.4 is 4.90 Å². The lowest BCUT2D eigenvalue weighted by atomic mass is 10.2. The molecular weight excluding hydrogens is 345 g/mol. The van der Waals surface area contributed by atoms with Crippen LogP contribution in [0.2, 0.25) is 0 Å². The Labute approximate surface area is 159 Å². The predicted molar refractivity (Wildman–Crippen MR) is 101 cm³/mol. The second-order valence-corrected chi connectivity index (χ2v) is 6.93. The number of carbonyl (C=O) groups is 2. The molecule has 0 spiro atoms. The summed E-state index contributed by atoms with van der Waals surface area (Å²) in [6.07, 6.45) is 0. The molecule has 5 nitrogen and oxygen atoms in total. The van der Waals surface area contributed by atoms with Gasteiger partial charge in [0.2, 0.25) is 0 Å². The molecule has 0 aliphatic carbocycles. The number of quaternary nitrogens is 1. The highest BCUT2D eigenvalue weighted by Crippen LogP contribution is 2.09. The number of likely N-dealkylation sites (N-methyl/N-ethyl adjacent to an activating group) is 1. The molecule has 2 amide bonds. The Morgan fingerprint density at radius 3 is 2.33 bits per heavy atom. The van der Waals surface area contributed by atoms with Crippen molar-refractivity contribution in [3.8, 4) is 0 Å². The molecule has 1 saturated heterocycles. The summed E-state index contributed by atoms with van der Waals surface area (Å²) in [5, 5.41) is 0. The van der Waals surface area contributed by atoms with Gasteiger partial charge in [0.05, 0.1) is 26.2 Å². The topological polar surface area (TPSA) is 45.1 Å². The van der Waals surface area contributed by atoms with E-state index < -0.39 is 0 Å². The number of rotatable bonds is 5. The van der Waals surface area contributed by atoms with Gasteiger partial charge in [-0.15, -0.1) is 0 Å². The van der Waals surface area contributed by atoms with Gasteiger partial charge in [-0.05, 0) is 18.2 Å². The Hall–Kier alpha value is -2.73. The Morgan fingerprint density at radius 2 is 1.67 bits per heavy atom. The van der Waals surface area contributed by atoms with Gasteiger partial charge in [0.1, 0.15) is 5.82 Å². The summed E-state index contributed by atoms with van der Waals surface area (Å²) in [4.78, 5) is 29.5. The molecule has 1 fully saturated rings. The first kappa shape index (κ1) is 19.0. The maximum absolute atomic E-state index is 13.8. The summed E-state index contributed by atoms with van der Waals surface area (Å²) in [6, 6.07) is 15.8. The standard InChI is InChI=1S/C21H24FN3O2/c1-23(15-18-9-5-6-10-19(18)22)20(26)16-24-11-13-25(14-12-24)21(27)17-7-3-2-4-8-17/h2-10H,11-16H2,1H3/p+1. The fourth-order valence-corrected chi connectivity index (χ4v) is 3.29. The molecule has 0 radical (unpaired) electrons. The van der Waals surface area contributed by atoms with Crippen LogP contribution in [0.1, 0.15) is 15.9 Å². The lowest BCUT2D eigenvalue weighted by Crippen LogP contribution is -3.15. The maximum atomic E-state index is 13.8. The zero-order valence-corrected chi connectivity index (χ0v) is 15.5. The summed E-state index contributed by atoms with van der Waals surface area (Å²) in [6.45, 7) is 3.35. The summed E-state index contributed by atoms with van der Waals surface area (Å²) in [5.74, 6) is -0.272. The first-order valence-electron chi connectivity index (χ1n) is 9.20. The van der Waals surface area contributed by atoms with Crippen LogP contribution in [0.15, 0.2) is 54.6 Å². The van der Waals surface area contributed by atoms with E-state index in [1.54, 1.807) is 30.1 Å². The Balaban J connectivity index is 1.48. The number of piperazine rings is 1. The number of nitrogens with one attached hydrogen (secondary N) is 1. The number of amides is 2. The fourth-order valence-electron chi connectivity index (χ4n) is 3.29. The molecule has 1 heterocycles. The van der Waals surface area contributed by atoms with Gasteiger partial charge in [0.25, 0.3) is 11.8 Å². The van der Waals surface area contributed by atoms with Gasteiger partial charge in [0.15, 0.2) is 6.54 Å². The smallest absolute Gasteiger partial charge is 0.277 e. The van der Waals surface area contributed by atoms with E-state index in [1.165, 1.54) is 6.07 Å². The number of hydrogen-bond donors (Lipinski definition) is 1. The van der Waals surface area contributed by atoms with E-state index in [0.717, 1.165) is 18.0 Å². The highest BCUT2D eigenvalue weighted by atomic mass is 19.1. The van der Waals surface area contributed by atoms with E-state index >= 15 is 0 Å². The third-order valence-electron chi connectivity index (χ3n) is 4.97. The van der Waals surface area contributed by atoms with Crippen molar-refractivity contribution < 1.29 is 18.9 Å². The Kier molecular flexibility index (Phi) is 6.19. The van der Waals surface area contributed by atoms with Crippen molar-refractivity contribution in [2.45, 2.75) is 6.54 Å². The second kappa shape index (κ2) is 8.77. The molecule has 0 atom stereocenters. The Bertz CT molecular complexity index is 789. The third-order valence-corrected chi connectivity index (χ3v) is 4.97. The molecule has 0 saturated carbocycles. The summed E-state index contributed by atoms with van der Waals surface area (Å²) < 4.78 is 13.8. The third kappa shape index (κ3) is 4.92. The predicted octanol–water partition coefficient (Wildman–Crippen LogP) is 0.825. The van der Waals surface area contributed by atoms with E-state index in [4.69, 9.17) is 0 Å². The highest BCUT2D eigenvalue weighted by molar-refractivity contribution is 5.94. The van der Waals surface area contributed by atoms with Crippen LogP contribution in [0, 0.1) is 5.82 Å². The zero-order valence-electron chi connectivity index (χ0n) is 15.5. The average molecular weight is 370 g/mol. The van der Waals surface area contributed by atoms with Gasteiger partial charge in [-0.2, -0.15) is 0 Å². The van der Waals surface area contributed by atoms with Crippen molar-refractivity contribution in [2.24, 2.45) is 0 Å². The van der Waals surface area contributed by atoms with Crippen molar-refractivity contribution in [2.75, 3.05) is 39.8 Å². The SMILES string of the molecule is CN(Cc1ccccc1F)C(=O)C[NH+]1CCN(C(=O)c2ccccc2)CC1. The van der Waals surface area contributed by atoms with Crippen LogP contribution in [-0.2, 0) is 11.3 Å². The van der Waals surface area contributed by atoms with E-state index in [0.29, 0.717) is 30.8 Å². The molecule has 1 aliphatic rings. The number of nitrogens with zero attached hydrogens (tertiary/aromatic N) is 2. The fraction of sp³-hybridized carbons (Fsp3) is 0.333. The molecule has 1 N–H and O–H groups in total. The quantitative estimate of drug-likeness (QED) is 0.847. The first-order chi connectivity index (χ1) is 13.0. The maximum Gasteiger partial charge on any atom is 0.277 e. The van der Waals surface area contributed by atoms with Gasteiger partial charge >= 0.3 is 0 Å². The molecule has 142 valence electrons. The summed E-state index contributed by atoms with van der Waals surface area (Å²) in [7, 11) is 1.70. The van der Waals surface area contributed by atoms with E-state index in [1.807, 2.05) is 35.2 Å². The van der Waals surface area contributed by atoms with Gasteiger partial charge in [-0.3, -0.25) is 9.59 Å². The molecule has 2 aromatic rings. The molecular formula is C21H25FN3O2+. The van der Waals surface area contributed by atoms with Gasteiger partial charge in [-0.25, -0.2) is 4.39 Å². The number of benzene rings is 2. The molecule has 0 unspecified atom stereocenters. The summed E-state index contributed by atoms with van der Waals surface area (Å²) >= 11 is 0. The van der Waals surface area contributed by atoms with Crippen LogP contribution in [0.3, 0.4) is 0 Å². The van der Waals surface area contributed by atoms with Gasteiger partial charge in [-0.1, -0.05) is 36.4 Å². The van der Waals surface area contributed by atoms with E-state index in [2.05, 4.69) is 0 Å². The van der Waals surface area contributed by atoms with Gasteiger partial charge < -0.3 is 14.7 Å². The van der Waals surface area contributed by atoms with E-state index in [-0.39, 0.29) is 24.2 Å². The Morgan fingerprint density at radius 1 is 1.04 bits per heavy atom. The molecule has 3 rings (SSSR count). The average Bonchev–Trinajstić information content (AvgIpc) is 2.70. The van der Waals surface area contributed by atoms with Crippen molar-refractivity contribution in [3.63, 3.8) is 0 Å². The normalized spacial score (nSPS) is 14.8. The van der Waals surface area contributed by atoms with Crippen LogP contribution in [0.4, 0.5) is 4.39 Å². The molecule has 0 bridgehead atoms. The van der Waals surface area contributed by atoms with Crippen molar-refractivity contribution in [1.29, 1.82) is 0 Å². The molecule has 0 aromatic heterocycles. The number of halogens is 1. The van der Waals surface area contributed by atoms with Gasteiger partial charge in [0, 0.05) is 24.7 Å². The van der Waals surface area contributed by atoms with Crippen LogP contribution in [-0.4, -0.2) is 61.4 Å². The number of carbonyl (C=O) groups excluding carboxylic acids is 2. The van der Waals surface area contributed by atoms with Crippen LogP contribution >= 0.6 is 0 Å². The molecule has 1 aliphatic heterocycles. The minimum absolute atomic E-state index is 0.0175. The monoisotopic (exact) mass is 370 g/mol. The largest absolute Gasteiger partial charge is 0.336 e. The minimum atomic E-state index is -0.294. The van der Waals surface area contributed by atoms with Crippen molar-refractivity contribution in [1.82, 2.24) is 9.80 Å². The minimum Gasteiger partial charge on any atom is -0.336 e. The lowest BCUT2D eigenvalue weighted by Gasteiger charge is -2.32. The molecule has 2 aromatic carbocycles.